The molecule has 1 unspecified atom stereocenters. The van der Waals surface area contributed by atoms with E-state index in [-0.39, 0.29) is 18.4 Å². The lowest BCUT2D eigenvalue weighted by Crippen LogP contribution is -2.39. The molecule has 4 rings (SSSR count). The van der Waals surface area contributed by atoms with Crippen LogP contribution in [0.3, 0.4) is 0 Å². The van der Waals surface area contributed by atoms with Gasteiger partial charge in [-0.3, -0.25) is 4.79 Å². The van der Waals surface area contributed by atoms with Crippen LogP contribution in [0.4, 0.5) is 11.4 Å². The minimum absolute atomic E-state index is 0.0403. The number of aliphatic carboxylic acids is 1. The van der Waals surface area contributed by atoms with Crippen LogP contribution in [0.5, 0.6) is 0 Å². The second-order valence-electron chi connectivity index (χ2n) is 10.4. The summed E-state index contributed by atoms with van der Waals surface area (Å²) >= 11 is 0. The van der Waals surface area contributed by atoms with Crippen LogP contribution < -0.4 is 10.2 Å². The first-order chi connectivity index (χ1) is 16.9. The molecule has 1 saturated carbocycles. The highest BCUT2D eigenvalue weighted by Crippen LogP contribution is 2.35. The van der Waals surface area contributed by atoms with Crippen molar-refractivity contribution in [3.05, 3.63) is 59.7 Å². The number of hydrogen-bond donors (Lipinski definition) is 2. The Bertz CT molecular complexity index is 1020. The Morgan fingerprint density at radius 1 is 1.11 bits per heavy atom. The second kappa shape index (κ2) is 11.6. The van der Waals surface area contributed by atoms with E-state index in [4.69, 9.17) is 9.73 Å². The fraction of sp³-hybridized carbons (Fsp3) is 0.517. The van der Waals surface area contributed by atoms with Crippen molar-refractivity contribution in [2.45, 2.75) is 77.3 Å². The number of hydrogen-bond acceptors (Lipinski definition) is 5. The molecule has 1 heterocycles. The van der Waals surface area contributed by atoms with Crippen molar-refractivity contribution in [2.24, 2.45) is 10.9 Å². The number of carboxylic acids is 1. The van der Waals surface area contributed by atoms with Crippen LogP contribution >= 0.6 is 0 Å². The fourth-order valence-corrected chi connectivity index (χ4v) is 5.29. The zero-order valence-electron chi connectivity index (χ0n) is 21.2. The van der Waals surface area contributed by atoms with Crippen LogP contribution in [0.15, 0.2) is 53.5 Å². The minimum Gasteiger partial charge on any atom is -0.481 e. The van der Waals surface area contributed by atoms with Crippen molar-refractivity contribution in [1.29, 1.82) is 0 Å². The van der Waals surface area contributed by atoms with E-state index < -0.39 is 5.97 Å². The molecule has 0 spiro atoms. The third-order valence-electron chi connectivity index (χ3n) is 7.03. The van der Waals surface area contributed by atoms with Gasteiger partial charge in [0.1, 0.15) is 12.6 Å². The fourth-order valence-electron chi connectivity index (χ4n) is 5.29. The average molecular weight is 478 g/mol. The first-order valence-electron chi connectivity index (χ1n) is 13.1. The molecule has 0 saturated heterocycles. The molecule has 2 atom stereocenters. The van der Waals surface area contributed by atoms with Gasteiger partial charge in [0.2, 0.25) is 0 Å². The normalized spacial score (nSPS) is 19.2. The zero-order chi connectivity index (χ0) is 24.8. The molecule has 1 aliphatic carbocycles. The predicted octanol–water partition coefficient (Wildman–Crippen LogP) is 6.60. The first-order valence-corrected chi connectivity index (χ1v) is 13.1. The highest BCUT2D eigenvalue weighted by Gasteiger charge is 2.26. The lowest BCUT2D eigenvalue weighted by molar-refractivity contribution is -0.137. The number of carboxylic acid groups (broad SMARTS) is 1. The number of anilines is 2. The number of rotatable bonds is 9. The number of ether oxygens (including phenoxy) is 1. The number of amidine groups is 1. The van der Waals surface area contributed by atoms with E-state index in [9.17, 15) is 9.90 Å². The Balaban J connectivity index is 1.64. The van der Waals surface area contributed by atoms with Gasteiger partial charge in [-0.15, -0.1) is 0 Å². The minimum atomic E-state index is -0.797. The van der Waals surface area contributed by atoms with Gasteiger partial charge < -0.3 is 20.1 Å². The number of carbonyl (C=O) groups is 1. The smallest absolute Gasteiger partial charge is 0.303 e. The number of benzene rings is 2. The Hall–Kier alpha value is -3.02. The molecule has 2 N–H and O–H groups in total. The molecular weight excluding hydrogens is 438 g/mol. The summed E-state index contributed by atoms with van der Waals surface area (Å²) in [5.74, 6) is -0.382. The van der Waals surface area contributed by atoms with Crippen molar-refractivity contribution in [3.8, 4) is 0 Å². The standard InChI is InChI=1S/C29H39N3O3/c1-20(2)18-32(23-12-8-5-9-13-23)24-14-15-25(21(3)16-28(33)34)26(17-24)30-29-31-27(19-35-29)22-10-6-4-7-11-22/h4,6-7,10-11,14-15,17,20-21,23,27H,5,8-9,12-13,16,18-19H2,1-3H3,(H,30,31)(H,33,34)/t21?,27-/m0/s1. The van der Waals surface area contributed by atoms with Crippen LogP contribution in [0.2, 0.25) is 0 Å². The maximum atomic E-state index is 11.5. The summed E-state index contributed by atoms with van der Waals surface area (Å²) < 4.78 is 5.93. The summed E-state index contributed by atoms with van der Waals surface area (Å²) in [7, 11) is 0. The van der Waals surface area contributed by atoms with Gasteiger partial charge in [-0.05, 0) is 47.9 Å². The molecule has 1 fully saturated rings. The van der Waals surface area contributed by atoms with Crippen molar-refractivity contribution in [1.82, 2.24) is 0 Å². The largest absolute Gasteiger partial charge is 0.481 e. The van der Waals surface area contributed by atoms with Crippen LogP contribution in [0, 0.1) is 5.92 Å². The van der Waals surface area contributed by atoms with Gasteiger partial charge >= 0.3 is 5.97 Å². The monoisotopic (exact) mass is 477 g/mol. The first kappa shape index (κ1) is 25.1. The molecule has 0 amide bonds. The van der Waals surface area contributed by atoms with Crippen LogP contribution in [-0.2, 0) is 9.53 Å². The second-order valence-corrected chi connectivity index (χ2v) is 10.4. The van der Waals surface area contributed by atoms with Gasteiger partial charge in [0.25, 0.3) is 6.02 Å². The summed E-state index contributed by atoms with van der Waals surface area (Å²) in [6, 6.07) is 17.6. The maximum absolute atomic E-state index is 11.5. The highest BCUT2D eigenvalue weighted by molar-refractivity contribution is 5.92. The number of nitrogens with one attached hydrogen (secondary N) is 1. The molecule has 0 aromatic heterocycles. The topological polar surface area (TPSA) is 74.2 Å². The van der Waals surface area contributed by atoms with E-state index in [0.29, 0.717) is 24.6 Å². The number of nitrogens with zero attached hydrogens (tertiary/aromatic N) is 2. The van der Waals surface area contributed by atoms with Crippen molar-refractivity contribution < 1.29 is 14.6 Å². The third-order valence-corrected chi connectivity index (χ3v) is 7.03. The quantitative estimate of drug-likeness (QED) is 0.426. The SMILES string of the molecule is CC(C)CN(c1ccc(C(C)CC(=O)O)c(NC2=N[C@H](c3ccccc3)CO2)c1)C1CCCCC1. The van der Waals surface area contributed by atoms with Gasteiger partial charge in [-0.25, -0.2) is 4.99 Å². The van der Waals surface area contributed by atoms with E-state index >= 15 is 0 Å². The molecule has 0 bridgehead atoms. The molecule has 1 aliphatic heterocycles. The molecule has 188 valence electrons. The number of aliphatic imine (C=N–C) groups is 1. The van der Waals surface area contributed by atoms with Crippen molar-refractivity contribution in [2.75, 3.05) is 23.4 Å². The molecule has 2 aromatic rings. The van der Waals surface area contributed by atoms with E-state index in [2.05, 4.69) is 54.4 Å². The van der Waals surface area contributed by atoms with Crippen LogP contribution in [0.25, 0.3) is 0 Å². The summed E-state index contributed by atoms with van der Waals surface area (Å²) in [4.78, 5) is 18.8. The van der Waals surface area contributed by atoms with E-state index in [1.807, 2.05) is 25.1 Å². The zero-order valence-corrected chi connectivity index (χ0v) is 21.2. The van der Waals surface area contributed by atoms with Gasteiger partial charge in [0, 0.05) is 24.0 Å². The molecule has 6 heteroatoms. The van der Waals surface area contributed by atoms with Crippen molar-refractivity contribution in [3.63, 3.8) is 0 Å². The van der Waals surface area contributed by atoms with Gasteiger partial charge in [-0.2, -0.15) is 0 Å². The maximum Gasteiger partial charge on any atom is 0.303 e. The molecule has 0 radical (unpaired) electrons. The van der Waals surface area contributed by atoms with Crippen LogP contribution in [-0.4, -0.2) is 36.3 Å². The van der Waals surface area contributed by atoms with E-state index in [1.54, 1.807) is 0 Å². The van der Waals surface area contributed by atoms with E-state index in [1.165, 1.54) is 37.8 Å². The predicted molar refractivity (Wildman–Crippen MR) is 142 cm³/mol. The summed E-state index contributed by atoms with van der Waals surface area (Å²) in [6.07, 6.45) is 6.41. The van der Waals surface area contributed by atoms with Gasteiger partial charge in [0.05, 0.1) is 6.42 Å². The highest BCUT2D eigenvalue weighted by atomic mass is 16.5. The molecule has 6 nitrogen and oxygen atoms in total. The van der Waals surface area contributed by atoms with Gasteiger partial charge in [-0.1, -0.05) is 76.4 Å². The molecular formula is C29H39N3O3. The van der Waals surface area contributed by atoms with Gasteiger partial charge in [0.15, 0.2) is 0 Å². The molecule has 2 aliphatic rings. The summed E-state index contributed by atoms with van der Waals surface area (Å²) in [5, 5.41) is 12.8. The molecule has 35 heavy (non-hydrogen) atoms. The Labute approximate surface area is 209 Å². The van der Waals surface area contributed by atoms with Crippen LogP contribution in [0.1, 0.15) is 82.4 Å². The summed E-state index contributed by atoms with van der Waals surface area (Å²) in [6.45, 7) is 7.99. The third kappa shape index (κ3) is 6.56. The Kier molecular flexibility index (Phi) is 8.32. The Morgan fingerprint density at radius 3 is 2.54 bits per heavy atom. The lowest BCUT2D eigenvalue weighted by Gasteiger charge is -2.38. The summed E-state index contributed by atoms with van der Waals surface area (Å²) in [5.41, 5.74) is 4.16. The molecule has 2 aromatic carbocycles. The average Bonchev–Trinajstić information content (AvgIpc) is 3.31. The Morgan fingerprint density at radius 2 is 1.86 bits per heavy atom. The lowest BCUT2D eigenvalue weighted by atomic mass is 9.92. The van der Waals surface area contributed by atoms with Crippen molar-refractivity contribution >= 4 is 23.4 Å². The van der Waals surface area contributed by atoms with E-state index in [0.717, 1.165) is 23.4 Å².